The third kappa shape index (κ3) is 4.68. The number of rotatable bonds is 6. The smallest absolute Gasteiger partial charge is 0.230 e. The Morgan fingerprint density at radius 2 is 1.81 bits per heavy atom. The molecule has 0 fully saturated rings. The maximum absolute atomic E-state index is 12.2. The van der Waals surface area contributed by atoms with Crippen LogP contribution in [-0.2, 0) is 22.4 Å². The molecule has 0 aliphatic rings. The van der Waals surface area contributed by atoms with Crippen LogP contribution in [0.25, 0.3) is 10.6 Å². The summed E-state index contributed by atoms with van der Waals surface area (Å²) in [6.07, 6.45) is 0.349. The number of carbonyl (C=O) groups excluding carboxylic acids is 2. The zero-order valence-electron chi connectivity index (χ0n) is 13.7. The molecule has 132 valence electrons. The fourth-order valence-corrected chi connectivity index (χ4v) is 3.56. The van der Waals surface area contributed by atoms with Crippen LogP contribution in [0.3, 0.4) is 0 Å². The van der Waals surface area contributed by atoms with Gasteiger partial charge in [-0.25, -0.2) is 4.98 Å². The SMILES string of the molecule is NC(=O)Cc1ccc(NC(=O)Cc2csc(-c3ccccc3Cl)n2)cc1. The molecule has 26 heavy (non-hydrogen) atoms. The number of hydrogen-bond acceptors (Lipinski definition) is 4. The summed E-state index contributed by atoms with van der Waals surface area (Å²) in [6.45, 7) is 0. The van der Waals surface area contributed by atoms with Gasteiger partial charge in [-0.3, -0.25) is 9.59 Å². The second kappa shape index (κ2) is 8.12. The summed E-state index contributed by atoms with van der Waals surface area (Å²) < 4.78 is 0. The van der Waals surface area contributed by atoms with Crippen LogP contribution in [0, 0.1) is 0 Å². The van der Waals surface area contributed by atoms with Gasteiger partial charge < -0.3 is 11.1 Å². The molecule has 0 atom stereocenters. The van der Waals surface area contributed by atoms with Gasteiger partial charge in [0.05, 0.1) is 23.6 Å². The maximum atomic E-state index is 12.2. The molecule has 0 radical (unpaired) electrons. The zero-order valence-corrected chi connectivity index (χ0v) is 15.3. The van der Waals surface area contributed by atoms with E-state index in [4.69, 9.17) is 17.3 Å². The van der Waals surface area contributed by atoms with E-state index in [0.717, 1.165) is 16.1 Å². The van der Waals surface area contributed by atoms with Crippen molar-refractivity contribution in [2.24, 2.45) is 5.73 Å². The van der Waals surface area contributed by atoms with Crippen LogP contribution in [0.4, 0.5) is 5.69 Å². The highest BCUT2D eigenvalue weighted by Crippen LogP contribution is 2.30. The van der Waals surface area contributed by atoms with Crippen LogP contribution >= 0.6 is 22.9 Å². The van der Waals surface area contributed by atoms with Crippen molar-refractivity contribution >= 4 is 40.4 Å². The van der Waals surface area contributed by atoms with E-state index in [9.17, 15) is 9.59 Å². The Hall–Kier alpha value is -2.70. The van der Waals surface area contributed by atoms with Crippen molar-refractivity contribution in [1.82, 2.24) is 4.98 Å². The highest BCUT2D eigenvalue weighted by Gasteiger charge is 2.11. The highest BCUT2D eigenvalue weighted by molar-refractivity contribution is 7.13. The van der Waals surface area contributed by atoms with Gasteiger partial charge in [0.25, 0.3) is 0 Å². The normalized spacial score (nSPS) is 10.5. The fourth-order valence-electron chi connectivity index (χ4n) is 2.42. The lowest BCUT2D eigenvalue weighted by molar-refractivity contribution is -0.117. The molecule has 2 amide bonds. The van der Waals surface area contributed by atoms with Gasteiger partial charge in [0.2, 0.25) is 11.8 Å². The molecule has 0 aliphatic heterocycles. The number of nitrogens with one attached hydrogen (secondary N) is 1. The van der Waals surface area contributed by atoms with Gasteiger partial charge >= 0.3 is 0 Å². The molecule has 1 heterocycles. The first kappa shape index (κ1) is 18.1. The zero-order chi connectivity index (χ0) is 18.5. The molecule has 3 aromatic rings. The first-order valence-corrected chi connectivity index (χ1v) is 9.13. The molecule has 0 bridgehead atoms. The predicted octanol–water partition coefficient (Wildman–Crippen LogP) is 3.67. The Kier molecular flexibility index (Phi) is 5.65. The minimum absolute atomic E-state index is 0.163. The monoisotopic (exact) mass is 385 g/mol. The molecule has 5 nitrogen and oxygen atoms in total. The van der Waals surface area contributed by atoms with Crippen LogP contribution in [0.1, 0.15) is 11.3 Å². The number of nitrogens with two attached hydrogens (primary N) is 1. The number of hydrogen-bond donors (Lipinski definition) is 2. The fraction of sp³-hybridized carbons (Fsp3) is 0.105. The molecular formula is C19H16ClN3O2S. The second-order valence-electron chi connectivity index (χ2n) is 5.69. The first-order chi connectivity index (χ1) is 12.5. The van der Waals surface area contributed by atoms with E-state index in [1.54, 1.807) is 24.3 Å². The molecule has 7 heteroatoms. The summed E-state index contributed by atoms with van der Waals surface area (Å²) in [5.41, 5.74) is 8.17. The van der Waals surface area contributed by atoms with Crippen LogP contribution in [0.15, 0.2) is 53.9 Å². The average Bonchev–Trinajstić information content (AvgIpc) is 3.04. The van der Waals surface area contributed by atoms with E-state index in [1.807, 2.05) is 29.6 Å². The summed E-state index contributed by atoms with van der Waals surface area (Å²) >= 11 is 7.64. The molecule has 0 aliphatic carbocycles. The topological polar surface area (TPSA) is 85.1 Å². The van der Waals surface area contributed by atoms with Crippen molar-refractivity contribution in [3.8, 4) is 10.6 Å². The summed E-state index contributed by atoms with van der Waals surface area (Å²) in [7, 11) is 0. The largest absolute Gasteiger partial charge is 0.369 e. The molecule has 3 rings (SSSR count). The van der Waals surface area contributed by atoms with Crippen LogP contribution in [0.5, 0.6) is 0 Å². The minimum Gasteiger partial charge on any atom is -0.369 e. The second-order valence-corrected chi connectivity index (χ2v) is 6.95. The number of primary amides is 1. The van der Waals surface area contributed by atoms with Crippen molar-refractivity contribution in [1.29, 1.82) is 0 Å². The van der Waals surface area contributed by atoms with Gasteiger partial charge in [0, 0.05) is 16.6 Å². The van der Waals surface area contributed by atoms with Crippen LogP contribution in [-0.4, -0.2) is 16.8 Å². The Bertz CT molecular complexity index is 938. The van der Waals surface area contributed by atoms with Gasteiger partial charge in [-0.1, -0.05) is 41.9 Å². The maximum Gasteiger partial charge on any atom is 0.230 e. The summed E-state index contributed by atoms with van der Waals surface area (Å²) in [5, 5.41) is 6.09. The van der Waals surface area contributed by atoms with Crippen molar-refractivity contribution in [2.45, 2.75) is 12.8 Å². The molecule has 0 saturated carbocycles. The lowest BCUT2D eigenvalue weighted by atomic mass is 10.1. The third-order valence-corrected chi connectivity index (χ3v) is 4.87. The van der Waals surface area contributed by atoms with Gasteiger partial charge in [0.15, 0.2) is 0 Å². The Labute approximate surface area is 159 Å². The number of amides is 2. The molecule has 0 spiro atoms. The van der Waals surface area contributed by atoms with Crippen LogP contribution in [0.2, 0.25) is 5.02 Å². The molecule has 0 saturated heterocycles. The Morgan fingerprint density at radius 1 is 1.08 bits per heavy atom. The van der Waals surface area contributed by atoms with E-state index in [0.29, 0.717) is 16.4 Å². The van der Waals surface area contributed by atoms with Gasteiger partial charge in [-0.05, 0) is 23.8 Å². The van der Waals surface area contributed by atoms with Crippen molar-refractivity contribution in [2.75, 3.05) is 5.32 Å². The van der Waals surface area contributed by atoms with Gasteiger partial charge in [-0.15, -0.1) is 11.3 Å². The Morgan fingerprint density at radius 3 is 2.50 bits per heavy atom. The lowest BCUT2D eigenvalue weighted by Crippen LogP contribution is -2.15. The van der Waals surface area contributed by atoms with Crippen molar-refractivity contribution in [3.63, 3.8) is 0 Å². The Balaban J connectivity index is 1.62. The standard InChI is InChI=1S/C19H16ClN3O2S/c20-16-4-2-1-3-15(16)19-23-14(11-26-19)10-18(25)22-13-7-5-12(6-8-13)9-17(21)24/h1-8,11H,9-10H2,(H2,21,24)(H,22,25). The molecular weight excluding hydrogens is 370 g/mol. The number of nitrogens with zero attached hydrogens (tertiary/aromatic N) is 1. The predicted molar refractivity (Wildman–Crippen MR) is 104 cm³/mol. The summed E-state index contributed by atoms with van der Waals surface area (Å²) in [6, 6.07) is 14.5. The number of anilines is 1. The molecule has 1 aromatic heterocycles. The minimum atomic E-state index is -0.389. The number of thiazole rings is 1. The van der Waals surface area contributed by atoms with E-state index < -0.39 is 0 Å². The van der Waals surface area contributed by atoms with Gasteiger partial charge in [0.1, 0.15) is 5.01 Å². The highest BCUT2D eigenvalue weighted by atomic mass is 35.5. The third-order valence-electron chi connectivity index (χ3n) is 3.61. The molecule has 2 aromatic carbocycles. The van der Waals surface area contributed by atoms with E-state index in [2.05, 4.69) is 10.3 Å². The van der Waals surface area contributed by atoms with E-state index in [1.165, 1.54) is 11.3 Å². The van der Waals surface area contributed by atoms with Gasteiger partial charge in [-0.2, -0.15) is 0 Å². The van der Waals surface area contributed by atoms with Crippen molar-refractivity contribution in [3.05, 3.63) is 70.2 Å². The number of benzene rings is 2. The summed E-state index contributed by atoms with van der Waals surface area (Å²) in [4.78, 5) is 27.6. The average molecular weight is 386 g/mol. The first-order valence-electron chi connectivity index (χ1n) is 7.87. The van der Waals surface area contributed by atoms with Crippen LogP contribution < -0.4 is 11.1 Å². The number of carbonyl (C=O) groups is 2. The number of halogens is 1. The summed E-state index contributed by atoms with van der Waals surface area (Å²) in [5.74, 6) is -0.552. The van der Waals surface area contributed by atoms with E-state index in [-0.39, 0.29) is 24.7 Å². The lowest BCUT2D eigenvalue weighted by Gasteiger charge is -2.05. The van der Waals surface area contributed by atoms with E-state index >= 15 is 0 Å². The quantitative estimate of drug-likeness (QED) is 0.678. The number of aromatic nitrogens is 1. The van der Waals surface area contributed by atoms with Crippen molar-refractivity contribution < 1.29 is 9.59 Å². The molecule has 0 unspecified atom stereocenters. The molecule has 3 N–H and O–H groups in total.